The number of nitrogens with zero attached hydrogens (tertiary/aromatic N) is 2. The van der Waals surface area contributed by atoms with Crippen LogP contribution in [-0.2, 0) is 22.1 Å². The highest BCUT2D eigenvalue weighted by Gasteiger charge is 2.30. The molecular weight excluding hydrogens is 487 g/mol. The number of guanidine groups is 1. The number of nitrogens with one attached hydrogen (secondary N) is 2. The topological polar surface area (TPSA) is 73.8 Å². The molecule has 0 radical (unpaired) electrons. The Bertz CT molecular complexity index is 746. The van der Waals surface area contributed by atoms with Gasteiger partial charge in [-0.2, -0.15) is 0 Å². The van der Waals surface area contributed by atoms with Crippen molar-refractivity contribution >= 4 is 39.8 Å². The summed E-state index contributed by atoms with van der Waals surface area (Å²) < 4.78 is 22.7. The van der Waals surface area contributed by atoms with Gasteiger partial charge in [0.1, 0.15) is 0 Å². The van der Waals surface area contributed by atoms with E-state index >= 15 is 0 Å². The van der Waals surface area contributed by atoms with Gasteiger partial charge in [-0.1, -0.05) is 37.1 Å². The van der Waals surface area contributed by atoms with E-state index in [-0.39, 0.29) is 29.7 Å². The van der Waals surface area contributed by atoms with Gasteiger partial charge in [-0.3, -0.25) is 9.89 Å². The Balaban J connectivity index is 0.00000280. The first-order valence-corrected chi connectivity index (χ1v) is 12.0. The summed E-state index contributed by atoms with van der Waals surface area (Å²) in [5.74, 6) is 0.914. The highest BCUT2D eigenvalue weighted by Crippen LogP contribution is 2.26. The van der Waals surface area contributed by atoms with Crippen molar-refractivity contribution in [2.24, 2.45) is 4.99 Å². The summed E-state index contributed by atoms with van der Waals surface area (Å²) in [5.41, 5.74) is 1.93. The number of sulfone groups is 1. The Morgan fingerprint density at radius 3 is 2.39 bits per heavy atom. The van der Waals surface area contributed by atoms with Crippen molar-refractivity contribution in [1.29, 1.82) is 0 Å². The molecule has 8 heteroatoms. The molecule has 1 aliphatic carbocycles. The molecular formula is C20H33IN4O2S. The van der Waals surface area contributed by atoms with Crippen molar-refractivity contribution in [1.82, 2.24) is 15.5 Å². The second-order valence-corrected chi connectivity index (χ2v) is 10.0. The molecule has 158 valence electrons. The van der Waals surface area contributed by atoms with Crippen molar-refractivity contribution in [3.05, 3.63) is 35.4 Å². The van der Waals surface area contributed by atoms with Gasteiger partial charge >= 0.3 is 0 Å². The first-order valence-electron chi connectivity index (χ1n) is 9.90. The summed E-state index contributed by atoms with van der Waals surface area (Å²) >= 11 is 0. The molecule has 28 heavy (non-hydrogen) atoms. The Morgan fingerprint density at radius 2 is 1.79 bits per heavy atom. The molecule has 6 nitrogen and oxygen atoms in total. The molecule has 2 fully saturated rings. The number of benzene rings is 1. The Kier molecular flexibility index (Phi) is 9.01. The average Bonchev–Trinajstić information content (AvgIpc) is 3.30. The summed E-state index contributed by atoms with van der Waals surface area (Å²) in [4.78, 5) is 6.99. The van der Waals surface area contributed by atoms with E-state index in [4.69, 9.17) is 0 Å². The molecule has 3 rings (SSSR count). The molecule has 2 N–H and O–H groups in total. The second kappa shape index (κ2) is 10.8. The van der Waals surface area contributed by atoms with E-state index in [1.54, 1.807) is 7.05 Å². The van der Waals surface area contributed by atoms with E-state index in [1.165, 1.54) is 38.5 Å². The maximum atomic E-state index is 11.4. The van der Waals surface area contributed by atoms with Crippen molar-refractivity contribution < 1.29 is 8.42 Å². The fourth-order valence-electron chi connectivity index (χ4n) is 4.14. The van der Waals surface area contributed by atoms with Crippen LogP contribution in [0.15, 0.2) is 29.3 Å². The van der Waals surface area contributed by atoms with Crippen LogP contribution in [0, 0.1) is 0 Å². The van der Waals surface area contributed by atoms with Crippen molar-refractivity contribution in [2.45, 2.75) is 56.5 Å². The quantitative estimate of drug-likeness (QED) is 0.343. The first kappa shape index (κ1) is 23.4. The summed E-state index contributed by atoms with van der Waals surface area (Å²) in [6.45, 7) is 2.95. The smallest absolute Gasteiger partial charge is 0.191 e. The van der Waals surface area contributed by atoms with Crippen LogP contribution in [0.4, 0.5) is 0 Å². The normalized spacial score (nSPS) is 21.5. The lowest BCUT2D eigenvalue weighted by atomic mass is 10.1. The van der Waals surface area contributed by atoms with Gasteiger partial charge in [-0.25, -0.2) is 8.42 Å². The van der Waals surface area contributed by atoms with Crippen LogP contribution < -0.4 is 10.6 Å². The largest absolute Gasteiger partial charge is 0.352 e. The number of aliphatic imine (C=N–C) groups is 1. The highest BCUT2D eigenvalue weighted by atomic mass is 127. The Morgan fingerprint density at radius 1 is 1.14 bits per heavy atom. The van der Waals surface area contributed by atoms with E-state index in [0.717, 1.165) is 36.1 Å². The van der Waals surface area contributed by atoms with Gasteiger partial charge in [0.25, 0.3) is 0 Å². The van der Waals surface area contributed by atoms with E-state index in [2.05, 4.69) is 20.5 Å². The molecule has 1 heterocycles. The monoisotopic (exact) mass is 520 g/mol. The third-order valence-corrected chi connectivity index (χ3v) is 6.39. The number of rotatable bonds is 6. The van der Waals surface area contributed by atoms with Gasteiger partial charge in [0.15, 0.2) is 15.8 Å². The van der Waals surface area contributed by atoms with Crippen molar-refractivity contribution in [3.8, 4) is 0 Å². The fraction of sp³-hybridized carbons (Fsp3) is 0.650. The summed E-state index contributed by atoms with van der Waals surface area (Å²) in [7, 11) is -1.19. The lowest BCUT2D eigenvalue weighted by molar-refractivity contribution is 0.242. The molecule has 0 aromatic heterocycles. The van der Waals surface area contributed by atoms with Crippen LogP contribution in [0.3, 0.4) is 0 Å². The van der Waals surface area contributed by atoms with Crippen LogP contribution >= 0.6 is 24.0 Å². The zero-order chi connectivity index (χ0) is 19.3. The molecule has 2 aliphatic rings. The summed E-state index contributed by atoms with van der Waals surface area (Å²) in [5, 5.41) is 6.92. The molecule has 0 spiro atoms. The molecule has 1 aromatic carbocycles. The minimum atomic E-state index is -2.99. The summed E-state index contributed by atoms with van der Waals surface area (Å²) in [6.07, 6.45) is 7.90. The van der Waals surface area contributed by atoms with Gasteiger partial charge in [0, 0.05) is 45.0 Å². The third kappa shape index (κ3) is 7.18. The van der Waals surface area contributed by atoms with Crippen LogP contribution in [0.2, 0.25) is 0 Å². The minimum absolute atomic E-state index is 0. The maximum absolute atomic E-state index is 11.4. The molecule has 1 aromatic rings. The lowest BCUT2D eigenvalue weighted by Crippen LogP contribution is -2.45. The first-order chi connectivity index (χ1) is 12.9. The summed E-state index contributed by atoms with van der Waals surface area (Å²) in [6, 6.07) is 8.94. The van der Waals surface area contributed by atoms with Gasteiger partial charge in [0.2, 0.25) is 0 Å². The molecule has 0 amide bonds. The van der Waals surface area contributed by atoms with Gasteiger partial charge < -0.3 is 10.6 Å². The zero-order valence-electron chi connectivity index (χ0n) is 16.9. The van der Waals surface area contributed by atoms with Crippen molar-refractivity contribution in [2.75, 3.05) is 26.4 Å². The van der Waals surface area contributed by atoms with E-state index in [9.17, 15) is 8.42 Å². The fourth-order valence-corrected chi connectivity index (χ4v) is 4.93. The number of hydrogen-bond acceptors (Lipinski definition) is 4. The molecule has 1 atom stereocenters. The van der Waals surface area contributed by atoms with E-state index in [1.807, 2.05) is 24.3 Å². The molecule has 1 unspecified atom stereocenters. The minimum Gasteiger partial charge on any atom is -0.352 e. The Labute approximate surface area is 186 Å². The third-order valence-electron chi connectivity index (χ3n) is 5.54. The zero-order valence-corrected chi connectivity index (χ0v) is 20.0. The predicted octanol–water partition coefficient (Wildman–Crippen LogP) is 2.53. The van der Waals surface area contributed by atoms with Crippen LogP contribution in [0.1, 0.15) is 43.2 Å². The average molecular weight is 520 g/mol. The van der Waals surface area contributed by atoms with Crippen LogP contribution in [0.5, 0.6) is 0 Å². The highest BCUT2D eigenvalue weighted by molar-refractivity contribution is 14.0. The number of hydrogen-bond donors (Lipinski definition) is 2. The van der Waals surface area contributed by atoms with Crippen LogP contribution in [0.25, 0.3) is 0 Å². The number of likely N-dealkylation sites (tertiary alicyclic amines) is 1. The van der Waals surface area contributed by atoms with Crippen molar-refractivity contribution in [3.63, 3.8) is 0 Å². The van der Waals surface area contributed by atoms with E-state index < -0.39 is 9.84 Å². The molecule has 0 bridgehead atoms. The molecule has 1 aliphatic heterocycles. The van der Waals surface area contributed by atoms with E-state index in [0.29, 0.717) is 12.6 Å². The van der Waals surface area contributed by atoms with Gasteiger partial charge in [0.05, 0.1) is 5.75 Å². The SMILES string of the molecule is CN=C(NCc1ccc(CS(C)(=O)=O)cc1)NC1CCN(C2CCCC2)C1.I. The number of halogens is 1. The predicted molar refractivity (Wildman–Crippen MR) is 126 cm³/mol. The molecule has 1 saturated heterocycles. The maximum Gasteiger partial charge on any atom is 0.191 e. The van der Waals surface area contributed by atoms with Crippen LogP contribution in [-0.4, -0.2) is 57.8 Å². The Hall–Kier alpha value is -0.870. The lowest BCUT2D eigenvalue weighted by Gasteiger charge is -2.24. The standard InChI is InChI=1S/C20H32N4O2S.HI/c1-21-20(23-18-11-12-24(14-18)19-5-3-4-6-19)22-13-16-7-9-17(10-8-16)15-27(2,25)26;/h7-10,18-19H,3-6,11-15H2,1-2H3,(H2,21,22,23);1H. The van der Waals surface area contributed by atoms with Gasteiger partial charge in [-0.05, 0) is 30.4 Å². The molecule has 1 saturated carbocycles. The second-order valence-electron chi connectivity index (χ2n) is 7.88. The van der Waals surface area contributed by atoms with Gasteiger partial charge in [-0.15, -0.1) is 24.0 Å².